The number of aryl methyl sites for hydroxylation is 1. The first kappa shape index (κ1) is 20.1. The van der Waals surface area contributed by atoms with Crippen LogP contribution in [0.3, 0.4) is 0 Å². The van der Waals surface area contributed by atoms with E-state index < -0.39 is 5.82 Å². The van der Waals surface area contributed by atoms with Crippen molar-refractivity contribution in [1.82, 2.24) is 29.7 Å². The van der Waals surface area contributed by atoms with Crippen molar-refractivity contribution in [2.24, 2.45) is 7.05 Å². The zero-order chi connectivity index (χ0) is 21.5. The third kappa shape index (κ3) is 4.07. The number of piperazine rings is 1. The fraction of sp³-hybridized carbons (Fsp3) is 0.429. The average molecular weight is 444 g/mol. The van der Waals surface area contributed by atoms with Crippen LogP contribution in [0.5, 0.6) is 0 Å². The zero-order valence-electron chi connectivity index (χ0n) is 17.2. The maximum Gasteiger partial charge on any atom is 0.269 e. The van der Waals surface area contributed by atoms with E-state index in [0.717, 1.165) is 37.9 Å². The monoisotopic (exact) mass is 443 g/mol. The van der Waals surface area contributed by atoms with Gasteiger partial charge in [-0.05, 0) is 31.0 Å². The van der Waals surface area contributed by atoms with Gasteiger partial charge in [0.15, 0.2) is 0 Å². The average Bonchev–Trinajstić information content (AvgIpc) is 3.55. The second-order valence-corrected chi connectivity index (χ2v) is 8.53. The Bertz CT molecular complexity index is 1160. The topological polar surface area (TPSA) is 72.1 Å². The lowest BCUT2D eigenvalue weighted by atomic mass is 10.1. The van der Waals surface area contributed by atoms with Crippen molar-refractivity contribution in [3.63, 3.8) is 0 Å². The normalized spacial score (nSPS) is 17.3. The highest BCUT2D eigenvalue weighted by Crippen LogP contribution is 2.28. The first-order chi connectivity index (χ1) is 15.0. The molecule has 0 bridgehead atoms. The Morgan fingerprint density at radius 1 is 1.16 bits per heavy atom. The summed E-state index contributed by atoms with van der Waals surface area (Å²) < 4.78 is 17.3. The van der Waals surface area contributed by atoms with Gasteiger partial charge in [0, 0.05) is 55.9 Å². The van der Waals surface area contributed by atoms with Gasteiger partial charge in [-0.15, -0.1) is 5.10 Å². The van der Waals surface area contributed by atoms with E-state index >= 15 is 0 Å². The molecule has 31 heavy (non-hydrogen) atoms. The molecule has 1 saturated carbocycles. The molecule has 1 aliphatic carbocycles. The van der Waals surface area contributed by atoms with Gasteiger partial charge in [-0.25, -0.2) is 13.8 Å². The summed E-state index contributed by atoms with van der Waals surface area (Å²) in [5, 5.41) is 12.8. The van der Waals surface area contributed by atoms with Gasteiger partial charge in [0.25, 0.3) is 5.56 Å². The number of anilines is 1. The Morgan fingerprint density at radius 2 is 1.94 bits per heavy atom. The summed E-state index contributed by atoms with van der Waals surface area (Å²) in [6.45, 7) is 3.96. The van der Waals surface area contributed by atoms with Gasteiger partial charge < -0.3 is 4.90 Å². The molecular formula is C21H23ClFN7O. The Hall–Kier alpha value is -2.78. The second-order valence-electron chi connectivity index (χ2n) is 8.10. The quantitative estimate of drug-likeness (QED) is 0.601. The van der Waals surface area contributed by atoms with Crippen molar-refractivity contribution >= 4 is 17.3 Å². The van der Waals surface area contributed by atoms with Gasteiger partial charge in [-0.1, -0.05) is 16.8 Å². The molecule has 2 aromatic heterocycles. The van der Waals surface area contributed by atoms with Crippen LogP contribution in [0, 0.1) is 5.82 Å². The van der Waals surface area contributed by atoms with E-state index in [1.807, 2.05) is 0 Å². The van der Waals surface area contributed by atoms with E-state index in [9.17, 15) is 9.18 Å². The van der Waals surface area contributed by atoms with Crippen LogP contribution in [0.15, 0.2) is 35.3 Å². The fourth-order valence-electron chi connectivity index (χ4n) is 4.09. The van der Waals surface area contributed by atoms with Gasteiger partial charge in [0.2, 0.25) is 0 Å². The van der Waals surface area contributed by atoms with Crippen molar-refractivity contribution in [3.8, 4) is 11.3 Å². The van der Waals surface area contributed by atoms with Crippen LogP contribution in [-0.2, 0) is 13.6 Å². The van der Waals surface area contributed by atoms with E-state index in [0.29, 0.717) is 16.4 Å². The number of benzene rings is 1. The Kier molecular flexibility index (Phi) is 5.23. The van der Waals surface area contributed by atoms with E-state index in [4.69, 9.17) is 11.6 Å². The Labute approximate surface area is 183 Å². The number of hydrogen-bond acceptors (Lipinski definition) is 6. The molecular weight excluding hydrogens is 421 g/mol. The minimum absolute atomic E-state index is 0.134. The van der Waals surface area contributed by atoms with Crippen molar-refractivity contribution in [1.29, 1.82) is 0 Å². The summed E-state index contributed by atoms with van der Waals surface area (Å²) in [5.41, 5.74) is 1.85. The summed E-state index contributed by atoms with van der Waals surface area (Å²) in [7, 11) is 1.71. The molecule has 0 atom stereocenters. The third-order valence-electron chi connectivity index (χ3n) is 6.03. The van der Waals surface area contributed by atoms with Gasteiger partial charge in [-0.3, -0.25) is 9.69 Å². The van der Waals surface area contributed by atoms with Crippen LogP contribution in [0.2, 0.25) is 5.02 Å². The highest BCUT2D eigenvalue weighted by molar-refractivity contribution is 6.30. The molecule has 3 heterocycles. The lowest BCUT2D eigenvalue weighted by Gasteiger charge is -2.35. The largest absolute Gasteiger partial charge is 0.368 e. The molecule has 1 saturated heterocycles. The van der Waals surface area contributed by atoms with Crippen molar-refractivity contribution in [3.05, 3.63) is 57.3 Å². The minimum atomic E-state index is -0.491. The summed E-state index contributed by atoms with van der Waals surface area (Å²) in [6, 6.07) is 6.77. The van der Waals surface area contributed by atoms with Crippen LogP contribution in [0.1, 0.15) is 18.5 Å². The van der Waals surface area contributed by atoms with E-state index in [1.165, 1.54) is 28.3 Å². The molecule has 0 N–H and O–H groups in total. The van der Waals surface area contributed by atoms with Crippen LogP contribution in [0.25, 0.3) is 11.3 Å². The smallest absolute Gasteiger partial charge is 0.269 e. The molecule has 0 radical (unpaired) electrons. The first-order valence-corrected chi connectivity index (χ1v) is 10.8. The van der Waals surface area contributed by atoms with E-state index in [2.05, 4.69) is 25.2 Å². The van der Waals surface area contributed by atoms with Crippen LogP contribution >= 0.6 is 11.6 Å². The molecule has 2 aliphatic rings. The van der Waals surface area contributed by atoms with E-state index in [-0.39, 0.29) is 17.7 Å². The number of rotatable bonds is 5. The second kappa shape index (κ2) is 8.05. The van der Waals surface area contributed by atoms with Gasteiger partial charge >= 0.3 is 0 Å². The summed E-state index contributed by atoms with van der Waals surface area (Å²) >= 11 is 5.86. The van der Waals surface area contributed by atoms with Gasteiger partial charge in [-0.2, -0.15) is 5.10 Å². The summed E-state index contributed by atoms with van der Waals surface area (Å²) in [5.74, 6) is -0.491. The highest BCUT2D eigenvalue weighted by Gasteiger charge is 2.31. The predicted molar refractivity (Wildman–Crippen MR) is 116 cm³/mol. The molecule has 3 aromatic rings. The molecule has 0 spiro atoms. The number of nitrogens with zero attached hydrogens (tertiary/aromatic N) is 7. The molecule has 162 valence electrons. The standard InChI is InChI=1S/C21H23ClFN7O/c1-27-19(21(25-26-27)17-5-2-14(22)10-18(17)23)13-30-20(31)11-16(12-24-30)29-8-6-28(7-9-29)15-3-4-15/h2,5,10-12,15H,3-4,6-9,13H2,1H3. The van der Waals surface area contributed by atoms with Crippen molar-refractivity contribution < 1.29 is 4.39 Å². The summed E-state index contributed by atoms with van der Waals surface area (Å²) in [4.78, 5) is 17.5. The lowest BCUT2D eigenvalue weighted by Crippen LogP contribution is -2.47. The predicted octanol–water partition coefficient (Wildman–Crippen LogP) is 2.16. The molecule has 2 fully saturated rings. The molecule has 0 unspecified atom stereocenters. The zero-order valence-corrected chi connectivity index (χ0v) is 18.0. The molecule has 1 aromatic carbocycles. The minimum Gasteiger partial charge on any atom is -0.368 e. The molecule has 5 rings (SSSR count). The maximum absolute atomic E-state index is 14.4. The van der Waals surface area contributed by atoms with Crippen molar-refractivity contribution in [2.45, 2.75) is 25.4 Å². The third-order valence-corrected chi connectivity index (χ3v) is 6.26. The van der Waals surface area contributed by atoms with Gasteiger partial charge in [0.05, 0.1) is 24.1 Å². The Morgan fingerprint density at radius 3 is 2.61 bits per heavy atom. The number of aromatic nitrogens is 5. The number of hydrogen-bond donors (Lipinski definition) is 0. The number of halogens is 2. The first-order valence-electron chi connectivity index (χ1n) is 10.4. The van der Waals surface area contributed by atoms with Crippen molar-refractivity contribution in [2.75, 3.05) is 31.1 Å². The molecule has 1 aliphatic heterocycles. The van der Waals surface area contributed by atoms with E-state index in [1.54, 1.807) is 31.4 Å². The molecule has 8 nitrogen and oxygen atoms in total. The van der Waals surface area contributed by atoms with Crippen LogP contribution in [-0.4, -0.2) is 61.9 Å². The summed E-state index contributed by atoms with van der Waals surface area (Å²) in [6.07, 6.45) is 4.34. The molecule has 0 amide bonds. The molecule has 10 heteroatoms. The van der Waals surface area contributed by atoms with Crippen LogP contribution in [0.4, 0.5) is 10.1 Å². The lowest BCUT2D eigenvalue weighted by molar-refractivity contribution is 0.248. The van der Waals surface area contributed by atoms with Gasteiger partial charge in [0.1, 0.15) is 11.5 Å². The van der Waals surface area contributed by atoms with Crippen LogP contribution < -0.4 is 10.5 Å². The highest BCUT2D eigenvalue weighted by atomic mass is 35.5. The SMILES string of the molecule is Cn1nnc(-c2ccc(Cl)cc2F)c1Cn1ncc(N2CCN(C3CC3)CC2)cc1=O. The fourth-order valence-corrected chi connectivity index (χ4v) is 4.25. The maximum atomic E-state index is 14.4. The Balaban J connectivity index is 1.36.